The number of rotatable bonds is 8. The number of aliphatic carboxylic acids is 1. The van der Waals surface area contributed by atoms with Crippen molar-refractivity contribution in [3.63, 3.8) is 0 Å². The van der Waals surface area contributed by atoms with E-state index in [2.05, 4.69) is 33.5 Å². The molecule has 2 heterocycles. The molecule has 8 heteroatoms. The Kier molecular flexibility index (Phi) is 6.20. The summed E-state index contributed by atoms with van der Waals surface area (Å²) in [7, 11) is 1.86. The third kappa shape index (κ3) is 4.45. The highest BCUT2D eigenvalue weighted by atomic mass is 32.1. The highest BCUT2D eigenvalue weighted by Gasteiger charge is 2.18. The topological polar surface area (TPSA) is 95.4 Å². The quantitative estimate of drug-likeness (QED) is 0.605. The smallest absolute Gasteiger partial charge is 0.326 e. The van der Waals surface area contributed by atoms with Crippen LogP contribution in [0.2, 0.25) is 0 Å². The molecule has 28 heavy (non-hydrogen) atoms. The number of thiophene rings is 1. The van der Waals surface area contributed by atoms with Gasteiger partial charge in [-0.15, -0.1) is 11.3 Å². The van der Waals surface area contributed by atoms with Crippen molar-refractivity contribution in [1.82, 2.24) is 15.3 Å². The molecule has 0 radical (unpaired) electrons. The van der Waals surface area contributed by atoms with E-state index in [1.807, 2.05) is 30.1 Å². The summed E-state index contributed by atoms with van der Waals surface area (Å²) in [6, 6.07) is 11.3. The molecule has 1 amide bonds. The minimum atomic E-state index is -1.02. The van der Waals surface area contributed by atoms with Gasteiger partial charge in [0.25, 0.3) is 0 Å². The summed E-state index contributed by atoms with van der Waals surface area (Å²) in [6.45, 7) is 2.15. The predicted molar refractivity (Wildman–Crippen MR) is 111 cm³/mol. The van der Waals surface area contributed by atoms with Gasteiger partial charge < -0.3 is 15.3 Å². The first kappa shape index (κ1) is 19.8. The molecule has 3 aromatic rings. The summed E-state index contributed by atoms with van der Waals surface area (Å²) >= 11 is 1.60. The summed E-state index contributed by atoms with van der Waals surface area (Å²) in [5, 5.41) is 12.5. The van der Waals surface area contributed by atoms with Crippen molar-refractivity contribution in [3.05, 3.63) is 42.7 Å². The van der Waals surface area contributed by atoms with Crippen molar-refractivity contribution in [2.24, 2.45) is 0 Å². The van der Waals surface area contributed by atoms with Gasteiger partial charge in [-0.1, -0.05) is 37.3 Å². The average molecular weight is 398 g/mol. The number of carboxylic acids is 1. The van der Waals surface area contributed by atoms with E-state index in [-0.39, 0.29) is 12.3 Å². The number of aromatic nitrogens is 2. The van der Waals surface area contributed by atoms with Crippen LogP contribution in [0.15, 0.2) is 42.7 Å². The number of carbonyl (C=O) groups excluding carboxylic acids is 1. The number of hydrogen-bond donors (Lipinski definition) is 2. The Morgan fingerprint density at radius 3 is 2.68 bits per heavy atom. The van der Waals surface area contributed by atoms with Gasteiger partial charge in [0.05, 0.1) is 5.39 Å². The molecule has 0 saturated carbocycles. The molecule has 0 bridgehead atoms. The van der Waals surface area contributed by atoms with Crippen molar-refractivity contribution >= 4 is 39.2 Å². The molecule has 0 saturated heterocycles. The van der Waals surface area contributed by atoms with E-state index in [0.717, 1.165) is 26.5 Å². The fraction of sp³-hybridized carbons (Fsp3) is 0.300. The maximum Gasteiger partial charge on any atom is 0.326 e. The summed E-state index contributed by atoms with van der Waals surface area (Å²) in [4.78, 5) is 35.8. The lowest BCUT2D eigenvalue weighted by atomic mass is 10.2. The summed E-state index contributed by atoms with van der Waals surface area (Å²) < 4.78 is 0. The molecule has 2 aromatic heterocycles. The number of hydrogen-bond acceptors (Lipinski definition) is 6. The molecule has 0 aliphatic carbocycles. The SMILES string of the molecule is CCC(NC(=O)CCN(C)c1ncnc2sc(-c3ccccc3)cc12)C(=O)O. The minimum absolute atomic E-state index is 0.182. The van der Waals surface area contributed by atoms with E-state index in [9.17, 15) is 9.59 Å². The van der Waals surface area contributed by atoms with Crippen LogP contribution in [0.4, 0.5) is 5.82 Å². The standard InChI is InChI=1S/C20H22N4O3S/c1-3-15(20(26)27)23-17(25)9-10-24(2)18-14-11-16(13-7-5-4-6-8-13)28-19(14)22-12-21-18/h4-8,11-12,15H,3,9-10H2,1-2H3,(H,23,25)(H,26,27). The second kappa shape index (κ2) is 8.79. The van der Waals surface area contributed by atoms with E-state index in [4.69, 9.17) is 5.11 Å². The number of carboxylic acid groups (broad SMARTS) is 1. The van der Waals surface area contributed by atoms with Crippen LogP contribution in [-0.4, -0.2) is 46.6 Å². The highest BCUT2D eigenvalue weighted by molar-refractivity contribution is 7.21. The van der Waals surface area contributed by atoms with Crippen molar-refractivity contribution in [2.45, 2.75) is 25.8 Å². The lowest BCUT2D eigenvalue weighted by Gasteiger charge is -2.19. The van der Waals surface area contributed by atoms with Gasteiger partial charge in [0.1, 0.15) is 23.0 Å². The van der Waals surface area contributed by atoms with Crippen molar-refractivity contribution in [3.8, 4) is 10.4 Å². The van der Waals surface area contributed by atoms with Crippen molar-refractivity contribution in [2.75, 3.05) is 18.5 Å². The first-order chi connectivity index (χ1) is 13.5. The molecule has 7 nitrogen and oxygen atoms in total. The fourth-order valence-corrected chi connectivity index (χ4v) is 3.87. The molecule has 1 aromatic carbocycles. The van der Waals surface area contributed by atoms with Crippen LogP contribution >= 0.6 is 11.3 Å². The van der Waals surface area contributed by atoms with Gasteiger partial charge in [0.2, 0.25) is 5.91 Å². The number of nitrogens with zero attached hydrogens (tertiary/aromatic N) is 3. The first-order valence-electron chi connectivity index (χ1n) is 9.03. The number of amides is 1. The monoisotopic (exact) mass is 398 g/mol. The summed E-state index contributed by atoms with van der Waals surface area (Å²) in [6.07, 6.45) is 2.05. The van der Waals surface area contributed by atoms with Crippen molar-refractivity contribution in [1.29, 1.82) is 0 Å². The molecular weight excluding hydrogens is 376 g/mol. The summed E-state index contributed by atoms with van der Waals surface area (Å²) in [5.41, 5.74) is 1.12. The van der Waals surface area contributed by atoms with Gasteiger partial charge in [-0.25, -0.2) is 14.8 Å². The van der Waals surface area contributed by atoms with E-state index < -0.39 is 12.0 Å². The second-order valence-electron chi connectivity index (χ2n) is 6.43. The van der Waals surface area contributed by atoms with Crippen molar-refractivity contribution < 1.29 is 14.7 Å². The first-order valence-corrected chi connectivity index (χ1v) is 9.84. The number of fused-ring (bicyclic) bond motifs is 1. The van der Waals surface area contributed by atoms with E-state index >= 15 is 0 Å². The Hall–Kier alpha value is -3.00. The van der Waals surface area contributed by atoms with Gasteiger partial charge in [0, 0.05) is 24.9 Å². The normalized spacial score (nSPS) is 11.9. The molecule has 0 aliphatic heterocycles. The van der Waals surface area contributed by atoms with Crippen LogP contribution < -0.4 is 10.2 Å². The number of nitrogens with one attached hydrogen (secondary N) is 1. The maximum absolute atomic E-state index is 12.1. The predicted octanol–water partition coefficient (Wildman–Crippen LogP) is 3.16. The molecule has 0 fully saturated rings. The Morgan fingerprint density at radius 2 is 2.00 bits per heavy atom. The largest absolute Gasteiger partial charge is 0.480 e. The zero-order valence-electron chi connectivity index (χ0n) is 15.8. The second-order valence-corrected chi connectivity index (χ2v) is 7.46. The van der Waals surface area contributed by atoms with E-state index in [1.54, 1.807) is 18.3 Å². The third-order valence-electron chi connectivity index (χ3n) is 4.44. The van der Waals surface area contributed by atoms with Crippen LogP contribution in [0.25, 0.3) is 20.7 Å². The molecule has 1 atom stereocenters. The van der Waals surface area contributed by atoms with Gasteiger partial charge >= 0.3 is 5.97 Å². The third-order valence-corrected chi connectivity index (χ3v) is 5.54. The van der Waals surface area contributed by atoms with Crippen LogP contribution in [0.1, 0.15) is 19.8 Å². The molecule has 146 valence electrons. The van der Waals surface area contributed by atoms with Gasteiger partial charge in [0.15, 0.2) is 0 Å². The number of carbonyl (C=O) groups is 2. The zero-order valence-corrected chi connectivity index (χ0v) is 16.6. The molecular formula is C20H22N4O3S. The Labute approximate surface area is 167 Å². The number of benzene rings is 1. The lowest BCUT2D eigenvalue weighted by Crippen LogP contribution is -2.41. The van der Waals surface area contributed by atoms with E-state index in [0.29, 0.717) is 13.0 Å². The Bertz CT molecular complexity index is 974. The fourth-order valence-electron chi connectivity index (χ4n) is 2.87. The Morgan fingerprint density at radius 1 is 1.25 bits per heavy atom. The van der Waals surface area contributed by atoms with Crippen LogP contribution in [-0.2, 0) is 9.59 Å². The molecule has 0 aliphatic rings. The summed E-state index contributed by atoms with van der Waals surface area (Å²) in [5.74, 6) is -0.559. The van der Waals surface area contributed by atoms with E-state index in [1.165, 1.54) is 6.33 Å². The lowest BCUT2D eigenvalue weighted by molar-refractivity contribution is -0.141. The minimum Gasteiger partial charge on any atom is -0.480 e. The number of anilines is 1. The molecule has 2 N–H and O–H groups in total. The molecule has 0 spiro atoms. The van der Waals surface area contributed by atoms with Crippen LogP contribution in [0.5, 0.6) is 0 Å². The zero-order chi connectivity index (χ0) is 20.1. The average Bonchev–Trinajstić information content (AvgIpc) is 3.15. The Balaban J connectivity index is 1.73. The van der Waals surface area contributed by atoms with Crippen LogP contribution in [0, 0.1) is 0 Å². The maximum atomic E-state index is 12.1. The molecule has 3 rings (SSSR count). The van der Waals surface area contributed by atoms with Gasteiger partial charge in [-0.05, 0) is 18.1 Å². The van der Waals surface area contributed by atoms with Crippen LogP contribution in [0.3, 0.4) is 0 Å². The highest BCUT2D eigenvalue weighted by Crippen LogP contribution is 2.35. The van der Waals surface area contributed by atoms with Gasteiger partial charge in [-0.3, -0.25) is 4.79 Å². The van der Waals surface area contributed by atoms with Gasteiger partial charge in [-0.2, -0.15) is 0 Å². The molecule has 1 unspecified atom stereocenters.